The van der Waals surface area contributed by atoms with Gasteiger partial charge in [0.15, 0.2) is 0 Å². The first-order chi connectivity index (χ1) is 14.4. The van der Waals surface area contributed by atoms with E-state index in [1.807, 2.05) is 18.2 Å². The minimum atomic E-state index is -4.31. The Morgan fingerprint density at radius 1 is 0.800 bits per heavy atom. The van der Waals surface area contributed by atoms with Crippen LogP contribution in [0.15, 0.2) is 61.2 Å². The van der Waals surface area contributed by atoms with Crippen LogP contribution in [0.2, 0.25) is 0 Å². The summed E-state index contributed by atoms with van der Waals surface area (Å²) in [6, 6.07) is 13.2. The molecule has 0 N–H and O–H groups in total. The summed E-state index contributed by atoms with van der Waals surface area (Å²) in [5.74, 6) is 7.70. The lowest BCUT2D eigenvalue weighted by Gasteiger charge is -2.28. The highest BCUT2D eigenvalue weighted by atomic mass is 19.4. The number of aryl methyl sites for hydroxylation is 1. The Morgan fingerprint density at radius 2 is 1.30 bits per heavy atom. The van der Waals surface area contributed by atoms with Crippen molar-refractivity contribution in [2.24, 2.45) is 11.8 Å². The van der Waals surface area contributed by atoms with Crippen LogP contribution in [0.5, 0.6) is 0 Å². The lowest BCUT2D eigenvalue weighted by atomic mass is 9.78. The maximum atomic E-state index is 12.6. The van der Waals surface area contributed by atoms with Crippen molar-refractivity contribution in [3.8, 4) is 11.8 Å². The standard InChI is InChI=1S/C27H29F3/c1-2-3-4-21-5-7-22(8-6-21)9-10-23-11-13-24(14-12-23)15-16-25-17-19-26(20-18-25)27(28,29)30/h2,11-14,17-22H,1,3-10H2. The molecule has 1 saturated carbocycles. The SMILES string of the molecule is C=CCCC1CCC(CCc2ccc(C#Cc3ccc(C(F)(F)F)cc3)cc2)CC1. The van der Waals surface area contributed by atoms with Gasteiger partial charge in [-0.3, -0.25) is 0 Å². The Kier molecular flexibility index (Phi) is 7.80. The Bertz CT molecular complexity index is 856. The predicted octanol–water partition coefficient (Wildman–Crippen LogP) is 7.81. The minimum Gasteiger partial charge on any atom is -0.166 e. The van der Waals surface area contributed by atoms with E-state index in [9.17, 15) is 13.2 Å². The van der Waals surface area contributed by atoms with E-state index in [2.05, 4.69) is 30.6 Å². The minimum absolute atomic E-state index is 0.579. The van der Waals surface area contributed by atoms with E-state index in [-0.39, 0.29) is 0 Å². The van der Waals surface area contributed by atoms with E-state index in [1.165, 1.54) is 56.2 Å². The van der Waals surface area contributed by atoms with E-state index in [0.717, 1.165) is 42.4 Å². The summed E-state index contributed by atoms with van der Waals surface area (Å²) < 4.78 is 37.8. The van der Waals surface area contributed by atoms with Crippen LogP contribution in [0.4, 0.5) is 13.2 Å². The average molecular weight is 411 g/mol. The molecule has 0 bridgehead atoms. The Balaban J connectivity index is 1.47. The molecule has 2 aromatic carbocycles. The zero-order chi connectivity index (χ0) is 21.4. The van der Waals surface area contributed by atoms with Crippen molar-refractivity contribution in [1.29, 1.82) is 0 Å². The second-order valence-electron chi connectivity index (χ2n) is 8.31. The number of benzene rings is 2. The average Bonchev–Trinajstić information content (AvgIpc) is 2.76. The molecule has 0 atom stereocenters. The monoisotopic (exact) mass is 410 g/mol. The van der Waals surface area contributed by atoms with Crippen molar-refractivity contribution in [2.45, 2.75) is 57.5 Å². The summed E-state index contributed by atoms with van der Waals surface area (Å²) in [5.41, 5.74) is 2.13. The van der Waals surface area contributed by atoms with Crippen LogP contribution >= 0.6 is 0 Å². The lowest BCUT2D eigenvalue weighted by molar-refractivity contribution is -0.137. The molecule has 0 spiro atoms. The third kappa shape index (κ3) is 6.80. The van der Waals surface area contributed by atoms with Crippen LogP contribution in [0.25, 0.3) is 0 Å². The van der Waals surface area contributed by atoms with Crippen LogP contribution in [0.3, 0.4) is 0 Å². The summed E-state index contributed by atoms with van der Waals surface area (Å²) in [6.45, 7) is 3.82. The highest BCUT2D eigenvalue weighted by Gasteiger charge is 2.29. The highest BCUT2D eigenvalue weighted by Crippen LogP contribution is 2.34. The maximum Gasteiger partial charge on any atom is 0.416 e. The number of hydrogen-bond donors (Lipinski definition) is 0. The number of hydrogen-bond acceptors (Lipinski definition) is 0. The third-order valence-corrected chi connectivity index (χ3v) is 6.10. The van der Waals surface area contributed by atoms with Gasteiger partial charge >= 0.3 is 6.18 Å². The van der Waals surface area contributed by atoms with E-state index in [4.69, 9.17) is 0 Å². The quantitative estimate of drug-likeness (QED) is 0.336. The summed E-state index contributed by atoms with van der Waals surface area (Å²) >= 11 is 0. The third-order valence-electron chi connectivity index (χ3n) is 6.10. The fourth-order valence-corrected chi connectivity index (χ4v) is 4.17. The summed E-state index contributed by atoms with van der Waals surface area (Å²) in [4.78, 5) is 0. The molecule has 158 valence electrons. The van der Waals surface area contributed by atoms with Gasteiger partial charge in [-0.25, -0.2) is 0 Å². The number of alkyl halides is 3. The van der Waals surface area contributed by atoms with Crippen LogP contribution in [0, 0.1) is 23.7 Å². The fraction of sp³-hybridized carbons (Fsp3) is 0.407. The number of allylic oxidation sites excluding steroid dienone is 1. The van der Waals surface area contributed by atoms with Gasteiger partial charge in [-0.05, 0) is 79.5 Å². The first-order valence-electron chi connectivity index (χ1n) is 10.8. The zero-order valence-electron chi connectivity index (χ0n) is 17.3. The smallest absolute Gasteiger partial charge is 0.166 e. The molecular weight excluding hydrogens is 381 g/mol. The molecule has 3 heteroatoms. The van der Waals surface area contributed by atoms with Crippen molar-refractivity contribution in [3.63, 3.8) is 0 Å². The van der Waals surface area contributed by atoms with Crippen LogP contribution < -0.4 is 0 Å². The van der Waals surface area contributed by atoms with Crippen molar-refractivity contribution in [1.82, 2.24) is 0 Å². The molecule has 0 radical (unpaired) electrons. The molecule has 0 aliphatic heterocycles. The Labute approximate surface area is 178 Å². The van der Waals surface area contributed by atoms with Crippen LogP contribution in [-0.4, -0.2) is 0 Å². The molecule has 0 unspecified atom stereocenters. The van der Waals surface area contributed by atoms with E-state index < -0.39 is 11.7 Å². The van der Waals surface area contributed by atoms with E-state index >= 15 is 0 Å². The zero-order valence-corrected chi connectivity index (χ0v) is 17.3. The molecule has 0 aromatic heterocycles. The van der Waals surface area contributed by atoms with Crippen molar-refractivity contribution in [3.05, 3.63) is 83.4 Å². The summed E-state index contributed by atoms with van der Waals surface area (Å²) in [6.07, 6.45) is 7.90. The topological polar surface area (TPSA) is 0 Å². The molecule has 1 fully saturated rings. The molecule has 1 aliphatic carbocycles. The van der Waals surface area contributed by atoms with E-state index in [0.29, 0.717) is 5.56 Å². The van der Waals surface area contributed by atoms with Gasteiger partial charge in [0.2, 0.25) is 0 Å². The van der Waals surface area contributed by atoms with Crippen LogP contribution in [-0.2, 0) is 12.6 Å². The van der Waals surface area contributed by atoms with Gasteiger partial charge in [0, 0.05) is 11.1 Å². The highest BCUT2D eigenvalue weighted by molar-refractivity contribution is 5.44. The molecule has 30 heavy (non-hydrogen) atoms. The molecule has 0 heterocycles. The lowest BCUT2D eigenvalue weighted by Crippen LogP contribution is -2.15. The molecule has 0 saturated heterocycles. The molecule has 0 amide bonds. The number of halogens is 3. The maximum absolute atomic E-state index is 12.6. The first kappa shape index (κ1) is 22.2. The fourth-order valence-electron chi connectivity index (χ4n) is 4.17. The Hall–Kier alpha value is -2.47. The molecule has 2 aromatic rings. The van der Waals surface area contributed by atoms with Gasteiger partial charge < -0.3 is 0 Å². The second kappa shape index (κ2) is 10.5. The predicted molar refractivity (Wildman–Crippen MR) is 117 cm³/mol. The van der Waals surface area contributed by atoms with Crippen molar-refractivity contribution < 1.29 is 13.2 Å². The van der Waals surface area contributed by atoms with Crippen molar-refractivity contribution >= 4 is 0 Å². The molecule has 3 rings (SSSR count). The summed E-state index contributed by atoms with van der Waals surface area (Å²) in [5, 5.41) is 0. The van der Waals surface area contributed by atoms with E-state index in [1.54, 1.807) is 0 Å². The normalized spacial score (nSPS) is 19.0. The molecular formula is C27H29F3. The van der Waals surface area contributed by atoms with Gasteiger partial charge in [-0.15, -0.1) is 6.58 Å². The summed E-state index contributed by atoms with van der Waals surface area (Å²) in [7, 11) is 0. The van der Waals surface area contributed by atoms with Gasteiger partial charge in [-0.2, -0.15) is 13.2 Å². The van der Waals surface area contributed by atoms with Gasteiger partial charge in [-0.1, -0.05) is 55.7 Å². The van der Waals surface area contributed by atoms with Crippen molar-refractivity contribution in [2.75, 3.05) is 0 Å². The van der Waals surface area contributed by atoms with Gasteiger partial charge in [0.05, 0.1) is 5.56 Å². The molecule has 1 aliphatic rings. The van der Waals surface area contributed by atoms with Gasteiger partial charge in [0.25, 0.3) is 0 Å². The van der Waals surface area contributed by atoms with Gasteiger partial charge in [0.1, 0.15) is 0 Å². The first-order valence-corrected chi connectivity index (χ1v) is 10.8. The Morgan fingerprint density at radius 3 is 1.80 bits per heavy atom. The van der Waals surface area contributed by atoms with Crippen LogP contribution in [0.1, 0.15) is 67.2 Å². The second-order valence-corrected chi connectivity index (χ2v) is 8.31. The number of rotatable bonds is 6. The molecule has 0 nitrogen and oxygen atoms in total. The largest absolute Gasteiger partial charge is 0.416 e.